The molecule has 0 saturated heterocycles. The fraction of sp³-hybridized carbons (Fsp3) is 0.0164. The Morgan fingerprint density at radius 2 is 0.746 bits per heavy atom. The van der Waals surface area contributed by atoms with E-state index >= 15 is 0 Å². The van der Waals surface area contributed by atoms with Crippen LogP contribution in [0.1, 0.15) is 22.3 Å². The summed E-state index contributed by atoms with van der Waals surface area (Å²) < 4.78 is 2.67. The summed E-state index contributed by atoms with van der Waals surface area (Å²) in [5.41, 5.74) is 25.1. The van der Waals surface area contributed by atoms with Gasteiger partial charge in [0.2, 0.25) is 6.71 Å². The Morgan fingerprint density at radius 3 is 1.35 bits per heavy atom. The van der Waals surface area contributed by atoms with E-state index in [1.807, 2.05) is 0 Å². The van der Waals surface area contributed by atoms with Crippen LogP contribution in [-0.2, 0) is 5.41 Å². The molecule has 0 unspecified atom stereocenters. The molecular formula is C61H38BN. The van der Waals surface area contributed by atoms with Crippen LogP contribution in [0, 0.1) is 0 Å². The standard InChI is InChI=1S/C61H38BN/c1-4-19-39(20-5-1)42-37-49(40-21-6-2-7-22-40)57(50(38-42)41-23-8-3-9-24-41)62-55-35-17-30-48-47-29-16-33-53-58(47)63(59(48)55)60-54(34-18-36-56(60)62)61(53)51-31-14-12-27-45(51)43-25-10-11-26-44(43)46-28-13-15-32-52(46)61/h1-38H. The van der Waals surface area contributed by atoms with E-state index in [2.05, 4.69) is 235 Å². The monoisotopic (exact) mass is 795 g/mol. The molecule has 1 aromatic heterocycles. The van der Waals surface area contributed by atoms with E-state index in [4.69, 9.17) is 0 Å². The molecule has 63 heavy (non-hydrogen) atoms. The smallest absolute Gasteiger partial charge is 0.248 e. The average Bonchev–Trinajstić information content (AvgIpc) is 3.66. The van der Waals surface area contributed by atoms with Gasteiger partial charge in [0, 0.05) is 22.0 Å². The topological polar surface area (TPSA) is 4.93 Å². The molecule has 11 aromatic rings. The third kappa shape index (κ3) is 4.57. The summed E-state index contributed by atoms with van der Waals surface area (Å²) in [6, 6.07) is 87.0. The molecular weight excluding hydrogens is 757 g/mol. The lowest BCUT2D eigenvalue weighted by Crippen LogP contribution is -2.58. The van der Waals surface area contributed by atoms with Crippen LogP contribution < -0.4 is 16.4 Å². The van der Waals surface area contributed by atoms with Crippen LogP contribution in [-0.4, -0.2) is 11.3 Å². The van der Waals surface area contributed by atoms with Gasteiger partial charge in [-0.05, 0) is 101 Å². The van der Waals surface area contributed by atoms with Gasteiger partial charge in [-0.25, -0.2) is 0 Å². The predicted octanol–water partition coefficient (Wildman–Crippen LogP) is 13.0. The van der Waals surface area contributed by atoms with Crippen molar-refractivity contribution in [3.63, 3.8) is 0 Å². The van der Waals surface area contributed by atoms with Gasteiger partial charge < -0.3 is 4.57 Å². The molecule has 2 heteroatoms. The molecule has 10 aromatic carbocycles. The molecule has 1 nitrogen and oxygen atoms in total. The minimum Gasteiger partial charge on any atom is -0.310 e. The molecule has 3 aliphatic rings. The highest BCUT2D eigenvalue weighted by Gasteiger charge is 2.51. The van der Waals surface area contributed by atoms with E-state index in [1.165, 1.54) is 122 Å². The molecule has 0 bridgehead atoms. The maximum Gasteiger partial charge on any atom is 0.248 e. The molecule has 2 aliphatic heterocycles. The molecule has 0 atom stereocenters. The highest BCUT2D eigenvalue weighted by atomic mass is 15.0. The molecule has 0 fully saturated rings. The summed E-state index contributed by atoms with van der Waals surface area (Å²) in [6.45, 7) is -0.0808. The number of fused-ring (bicyclic) bond motifs is 10. The van der Waals surface area contributed by atoms with Gasteiger partial charge >= 0.3 is 0 Å². The second kappa shape index (κ2) is 13.0. The van der Waals surface area contributed by atoms with Crippen molar-refractivity contribution in [1.29, 1.82) is 0 Å². The zero-order valence-corrected chi connectivity index (χ0v) is 34.5. The van der Waals surface area contributed by atoms with Gasteiger partial charge in [-0.1, -0.05) is 224 Å². The SMILES string of the molecule is c1ccc(-c2cc(-c3ccccc3)c(B3c4cccc5c4-n4c6c3cccc6c3cccc(c34)C53c4ccccc4-c4ccccc4-c4ccccc43)c(-c3ccccc3)c2)cc1. The normalized spacial score (nSPS) is 13.5. The fourth-order valence-corrected chi connectivity index (χ4v) is 12.1. The van der Waals surface area contributed by atoms with Crippen molar-refractivity contribution in [2.75, 3.05) is 0 Å². The number of hydrogen-bond donors (Lipinski definition) is 0. The van der Waals surface area contributed by atoms with Crippen molar-refractivity contribution >= 4 is 44.9 Å². The van der Waals surface area contributed by atoms with Crippen molar-refractivity contribution < 1.29 is 0 Å². The van der Waals surface area contributed by atoms with Crippen LogP contribution in [0.4, 0.5) is 0 Å². The Labute approximate surface area is 367 Å². The zero-order chi connectivity index (χ0) is 41.2. The van der Waals surface area contributed by atoms with E-state index in [0.29, 0.717) is 0 Å². The van der Waals surface area contributed by atoms with Crippen LogP contribution in [0.15, 0.2) is 231 Å². The van der Waals surface area contributed by atoms with E-state index in [0.717, 1.165) is 0 Å². The first-order valence-electron chi connectivity index (χ1n) is 22.1. The van der Waals surface area contributed by atoms with Gasteiger partial charge in [-0.3, -0.25) is 0 Å². The third-order valence-corrected chi connectivity index (χ3v) is 14.5. The zero-order valence-electron chi connectivity index (χ0n) is 34.5. The van der Waals surface area contributed by atoms with Crippen molar-refractivity contribution in [1.82, 2.24) is 4.57 Å². The number of rotatable bonds is 4. The lowest BCUT2D eigenvalue weighted by molar-refractivity contribution is 0.735. The molecule has 14 rings (SSSR count). The quantitative estimate of drug-likeness (QED) is 0.156. The first-order chi connectivity index (χ1) is 31.3. The van der Waals surface area contributed by atoms with Crippen LogP contribution in [0.3, 0.4) is 0 Å². The second-order valence-electron chi connectivity index (χ2n) is 17.4. The first-order valence-corrected chi connectivity index (χ1v) is 22.1. The van der Waals surface area contributed by atoms with Gasteiger partial charge in [0.05, 0.1) is 10.9 Å². The average molecular weight is 796 g/mol. The Balaban J connectivity index is 1.19. The van der Waals surface area contributed by atoms with Gasteiger partial charge in [0.15, 0.2) is 0 Å². The van der Waals surface area contributed by atoms with Gasteiger partial charge in [-0.15, -0.1) is 0 Å². The van der Waals surface area contributed by atoms with Crippen LogP contribution in [0.25, 0.3) is 83.1 Å². The van der Waals surface area contributed by atoms with Crippen molar-refractivity contribution in [2.45, 2.75) is 5.41 Å². The molecule has 1 spiro atoms. The molecule has 0 saturated carbocycles. The molecule has 1 aliphatic carbocycles. The third-order valence-electron chi connectivity index (χ3n) is 14.5. The number of nitrogens with zero attached hydrogens (tertiary/aromatic N) is 1. The van der Waals surface area contributed by atoms with E-state index < -0.39 is 5.41 Å². The molecule has 290 valence electrons. The summed E-state index contributed by atoms with van der Waals surface area (Å²) in [6.07, 6.45) is 0. The lowest BCUT2D eigenvalue weighted by Gasteiger charge is -2.44. The largest absolute Gasteiger partial charge is 0.310 e. The van der Waals surface area contributed by atoms with E-state index in [1.54, 1.807) is 0 Å². The second-order valence-corrected chi connectivity index (χ2v) is 17.4. The minimum atomic E-state index is -0.620. The molecule has 0 radical (unpaired) electrons. The van der Waals surface area contributed by atoms with Gasteiger partial charge in [0.25, 0.3) is 0 Å². The Morgan fingerprint density at radius 1 is 0.302 bits per heavy atom. The van der Waals surface area contributed by atoms with Crippen LogP contribution >= 0.6 is 0 Å². The van der Waals surface area contributed by atoms with Crippen molar-refractivity contribution in [3.05, 3.63) is 253 Å². The fourth-order valence-electron chi connectivity index (χ4n) is 12.1. The Kier molecular flexibility index (Phi) is 7.19. The van der Waals surface area contributed by atoms with Crippen LogP contribution in [0.2, 0.25) is 0 Å². The summed E-state index contributed by atoms with van der Waals surface area (Å²) >= 11 is 0. The lowest BCUT2D eigenvalue weighted by atomic mass is 9.33. The Bertz CT molecular complexity index is 3550. The number of benzene rings is 10. The van der Waals surface area contributed by atoms with E-state index in [9.17, 15) is 0 Å². The van der Waals surface area contributed by atoms with Gasteiger partial charge in [0.1, 0.15) is 0 Å². The van der Waals surface area contributed by atoms with Crippen molar-refractivity contribution in [2.24, 2.45) is 0 Å². The Hall–Kier alpha value is -7.94. The maximum absolute atomic E-state index is 2.67. The summed E-state index contributed by atoms with van der Waals surface area (Å²) in [4.78, 5) is 0. The number of hydrogen-bond acceptors (Lipinski definition) is 0. The minimum absolute atomic E-state index is 0.0808. The molecule has 3 heterocycles. The van der Waals surface area contributed by atoms with Crippen molar-refractivity contribution in [3.8, 4) is 61.3 Å². The highest BCUT2D eigenvalue weighted by molar-refractivity contribution is 6.99. The van der Waals surface area contributed by atoms with Gasteiger partial charge in [-0.2, -0.15) is 0 Å². The van der Waals surface area contributed by atoms with E-state index in [-0.39, 0.29) is 6.71 Å². The number of para-hydroxylation sites is 3. The molecule has 0 amide bonds. The summed E-state index contributed by atoms with van der Waals surface area (Å²) in [5, 5.41) is 2.60. The number of aromatic nitrogens is 1. The molecule has 0 N–H and O–H groups in total. The predicted molar refractivity (Wildman–Crippen MR) is 264 cm³/mol. The summed E-state index contributed by atoms with van der Waals surface area (Å²) in [5.74, 6) is 0. The first kappa shape index (κ1) is 34.7. The summed E-state index contributed by atoms with van der Waals surface area (Å²) in [7, 11) is 0. The highest BCUT2D eigenvalue weighted by Crippen LogP contribution is 2.60. The maximum atomic E-state index is 2.67. The van der Waals surface area contributed by atoms with Crippen LogP contribution in [0.5, 0.6) is 0 Å².